The number of ether oxygens (including phenoxy) is 5. The molecule has 4 atom stereocenters. The molecule has 1 aliphatic carbocycles. The molecule has 1 aromatic rings. The molecule has 0 spiro atoms. The minimum Gasteiger partial charge on any atom is -0.493 e. The van der Waals surface area contributed by atoms with Gasteiger partial charge >= 0.3 is 6.09 Å². The largest absolute Gasteiger partial charge is 0.493 e. The van der Waals surface area contributed by atoms with Gasteiger partial charge in [-0.05, 0) is 50.0 Å². The van der Waals surface area contributed by atoms with Gasteiger partial charge in [-0.3, -0.25) is 4.90 Å². The molecule has 1 amide bonds. The van der Waals surface area contributed by atoms with E-state index in [2.05, 4.69) is 13.0 Å². The third-order valence-corrected chi connectivity index (χ3v) is 6.98. The van der Waals surface area contributed by atoms with Gasteiger partial charge in [-0.1, -0.05) is 13.3 Å². The van der Waals surface area contributed by atoms with Crippen LogP contribution >= 0.6 is 0 Å². The van der Waals surface area contributed by atoms with Crippen molar-refractivity contribution in [2.75, 3.05) is 27.9 Å². The Morgan fingerprint density at radius 3 is 2.45 bits per heavy atom. The molecule has 2 aliphatic heterocycles. The number of carbonyl (C=O) groups is 1. The fourth-order valence-electron chi connectivity index (χ4n) is 5.62. The van der Waals surface area contributed by atoms with E-state index >= 15 is 0 Å². The van der Waals surface area contributed by atoms with Crippen molar-refractivity contribution in [3.05, 3.63) is 29.5 Å². The molecule has 1 saturated carbocycles. The third kappa shape index (κ3) is 3.48. The van der Waals surface area contributed by atoms with Crippen LogP contribution in [0.4, 0.5) is 4.79 Å². The monoisotopic (exact) mass is 431 g/mol. The predicted molar refractivity (Wildman–Crippen MR) is 116 cm³/mol. The van der Waals surface area contributed by atoms with E-state index in [4.69, 9.17) is 23.7 Å². The van der Waals surface area contributed by atoms with Gasteiger partial charge in [0.15, 0.2) is 17.2 Å². The number of nitrogens with zero attached hydrogens (tertiary/aromatic N) is 1. The second-order valence-electron chi connectivity index (χ2n) is 8.57. The average Bonchev–Trinajstić information content (AvgIpc) is 3.18. The molecule has 0 N–H and O–H groups in total. The first-order chi connectivity index (χ1) is 15.0. The van der Waals surface area contributed by atoms with Crippen molar-refractivity contribution in [3.63, 3.8) is 0 Å². The number of cyclic esters (lactones) is 1. The summed E-state index contributed by atoms with van der Waals surface area (Å²) in [6.07, 6.45) is 6.62. The maximum absolute atomic E-state index is 12.9. The molecular weight excluding hydrogens is 398 g/mol. The lowest BCUT2D eigenvalue weighted by Gasteiger charge is -2.54. The normalized spacial score (nSPS) is 30.1. The van der Waals surface area contributed by atoms with E-state index in [1.165, 1.54) is 0 Å². The Morgan fingerprint density at radius 2 is 1.84 bits per heavy atom. The number of methoxy groups -OCH3 is 3. The minimum atomic E-state index is -0.698. The van der Waals surface area contributed by atoms with E-state index in [-0.39, 0.29) is 24.0 Å². The van der Waals surface area contributed by atoms with Crippen LogP contribution in [0.15, 0.2) is 24.0 Å². The highest BCUT2D eigenvalue weighted by atomic mass is 16.6. The van der Waals surface area contributed by atoms with Gasteiger partial charge in [0.25, 0.3) is 0 Å². The molecule has 0 radical (unpaired) electrons. The summed E-state index contributed by atoms with van der Waals surface area (Å²) in [7, 11) is 4.86. The Morgan fingerprint density at radius 1 is 1.13 bits per heavy atom. The predicted octanol–water partition coefficient (Wildman–Crippen LogP) is 4.85. The fourth-order valence-corrected chi connectivity index (χ4v) is 5.62. The summed E-state index contributed by atoms with van der Waals surface area (Å²) in [4.78, 5) is 14.8. The van der Waals surface area contributed by atoms with Crippen LogP contribution in [-0.4, -0.2) is 50.7 Å². The van der Waals surface area contributed by atoms with Crippen LogP contribution in [0.1, 0.15) is 57.4 Å². The molecule has 7 heteroatoms. The molecule has 31 heavy (non-hydrogen) atoms. The number of amides is 1. The summed E-state index contributed by atoms with van der Waals surface area (Å²) in [5.74, 6) is 2.81. The Balaban J connectivity index is 1.83. The number of rotatable bonds is 6. The molecule has 0 unspecified atom stereocenters. The summed E-state index contributed by atoms with van der Waals surface area (Å²) in [6, 6.07) is 4.06. The molecule has 170 valence electrons. The molecule has 2 heterocycles. The zero-order valence-electron chi connectivity index (χ0n) is 19.1. The van der Waals surface area contributed by atoms with Gasteiger partial charge in [0.05, 0.1) is 33.1 Å². The van der Waals surface area contributed by atoms with Crippen molar-refractivity contribution in [1.29, 1.82) is 0 Å². The summed E-state index contributed by atoms with van der Waals surface area (Å²) >= 11 is 0. The zero-order valence-corrected chi connectivity index (χ0v) is 19.1. The molecule has 2 fully saturated rings. The molecule has 4 rings (SSSR count). The number of allylic oxidation sites excluding steroid dienone is 2. The van der Waals surface area contributed by atoms with Gasteiger partial charge in [-0.25, -0.2) is 4.79 Å². The maximum atomic E-state index is 12.9. The highest BCUT2D eigenvalue weighted by Crippen LogP contribution is 2.54. The first-order valence-corrected chi connectivity index (χ1v) is 11.1. The van der Waals surface area contributed by atoms with Crippen molar-refractivity contribution in [2.24, 2.45) is 5.92 Å². The zero-order chi connectivity index (χ0) is 22.2. The van der Waals surface area contributed by atoms with Crippen LogP contribution in [0.5, 0.6) is 17.2 Å². The van der Waals surface area contributed by atoms with E-state index in [9.17, 15) is 4.79 Å². The lowest BCUT2D eigenvalue weighted by Crippen LogP contribution is -2.62. The Kier molecular flexibility index (Phi) is 5.95. The highest BCUT2D eigenvalue weighted by molar-refractivity contribution is 5.71. The number of carbonyl (C=O) groups excluding carboxylic acids is 1. The Bertz CT molecular complexity index is 843. The van der Waals surface area contributed by atoms with Gasteiger partial charge in [0.1, 0.15) is 6.61 Å². The van der Waals surface area contributed by atoms with Crippen molar-refractivity contribution < 1.29 is 28.5 Å². The maximum Gasteiger partial charge on any atom is 0.413 e. The van der Waals surface area contributed by atoms with Gasteiger partial charge in [-0.15, -0.1) is 0 Å². The quantitative estimate of drug-likeness (QED) is 0.642. The molecule has 3 aliphatic rings. The van der Waals surface area contributed by atoms with Crippen LogP contribution in [0.2, 0.25) is 0 Å². The minimum absolute atomic E-state index is 0.0274. The number of hydrogen-bond acceptors (Lipinski definition) is 6. The second kappa shape index (κ2) is 8.52. The van der Waals surface area contributed by atoms with Crippen molar-refractivity contribution >= 4 is 6.09 Å². The molecule has 1 saturated heterocycles. The van der Waals surface area contributed by atoms with Gasteiger partial charge in [0.2, 0.25) is 5.75 Å². The van der Waals surface area contributed by atoms with Crippen LogP contribution < -0.4 is 14.2 Å². The first kappa shape index (κ1) is 21.7. The van der Waals surface area contributed by atoms with E-state index in [0.29, 0.717) is 23.9 Å². The summed E-state index contributed by atoms with van der Waals surface area (Å²) in [6.45, 7) is 4.49. The van der Waals surface area contributed by atoms with Gasteiger partial charge < -0.3 is 23.7 Å². The van der Waals surface area contributed by atoms with Gasteiger partial charge in [-0.2, -0.15) is 0 Å². The fraction of sp³-hybridized carbons (Fsp3) is 0.625. The van der Waals surface area contributed by atoms with E-state index < -0.39 is 5.72 Å². The molecule has 0 aromatic heterocycles. The summed E-state index contributed by atoms with van der Waals surface area (Å²) in [5.41, 5.74) is 0.366. The lowest BCUT2D eigenvalue weighted by atomic mass is 9.68. The Hall–Kier alpha value is -2.57. The van der Waals surface area contributed by atoms with Crippen LogP contribution in [0.25, 0.3) is 0 Å². The van der Waals surface area contributed by atoms with Crippen molar-refractivity contribution in [2.45, 2.75) is 63.6 Å². The molecule has 0 bridgehead atoms. The smallest absolute Gasteiger partial charge is 0.413 e. The Labute approximate surface area is 184 Å². The SMILES string of the molecule is CC[C@@H]1COC(=O)N1[C@@]12CCCC[C@@H]1[C@@H](c1cc(OC)c(OC)c(OC)c1)C=C(C)O2. The number of benzene rings is 1. The van der Waals surface area contributed by atoms with Crippen molar-refractivity contribution in [1.82, 2.24) is 4.90 Å². The van der Waals surface area contributed by atoms with E-state index in [1.807, 2.05) is 24.0 Å². The number of hydrogen-bond donors (Lipinski definition) is 0. The third-order valence-electron chi connectivity index (χ3n) is 6.98. The first-order valence-electron chi connectivity index (χ1n) is 11.1. The van der Waals surface area contributed by atoms with Crippen LogP contribution in [0.3, 0.4) is 0 Å². The number of fused-ring (bicyclic) bond motifs is 1. The summed E-state index contributed by atoms with van der Waals surface area (Å²) in [5, 5.41) is 0. The summed E-state index contributed by atoms with van der Waals surface area (Å²) < 4.78 is 28.8. The average molecular weight is 432 g/mol. The molecule has 7 nitrogen and oxygen atoms in total. The molecular formula is C24H33NO6. The lowest BCUT2D eigenvalue weighted by molar-refractivity contribution is -0.181. The van der Waals surface area contributed by atoms with Crippen LogP contribution in [-0.2, 0) is 9.47 Å². The van der Waals surface area contributed by atoms with Gasteiger partial charge in [0, 0.05) is 18.3 Å². The highest BCUT2D eigenvalue weighted by Gasteiger charge is 2.58. The topological polar surface area (TPSA) is 66.5 Å². The molecule has 1 aromatic carbocycles. The van der Waals surface area contributed by atoms with E-state index in [0.717, 1.165) is 43.4 Å². The van der Waals surface area contributed by atoms with Crippen molar-refractivity contribution in [3.8, 4) is 17.2 Å². The standard InChI is InChI=1S/C24H33NO6/c1-6-17-14-30-23(26)25(17)24-10-8-7-9-19(24)18(11-15(2)31-24)16-12-20(27-3)22(29-5)21(13-16)28-4/h11-13,17-19H,6-10,14H2,1-5H3/t17-,18-,19-,24-/m1/s1. The van der Waals surface area contributed by atoms with E-state index in [1.54, 1.807) is 21.3 Å². The van der Waals surface area contributed by atoms with Crippen LogP contribution in [0, 0.1) is 5.92 Å². The second-order valence-corrected chi connectivity index (χ2v) is 8.57.